The maximum absolute atomic E-state index is 12.3. The van der Waals surface area contributed by atoms with Crippen molar-refractivity contribution >= 4 is 23.5 Å². The first-order valence-electron chi connectivity index (χ1n) is 12.6. The van der Waals surface area contributed by atoms with Crippen LogP contribution in [0.1, 0.15) is 45.1 Å². The summed E-state index contributed by atoms with van der Waals surface area (Å²) in [6.45, 7) is 8.32. The van der Waals surface area contributed by atoms with Crippen molar-refractivity contribution in [3.63, 3.8) is 0 Å². The molecule has 0 bridgehead atoms. The van der Waals surface area contributed by atoms with E-state index < -0.39 is 11.9 Å². The highest BCUT2D eigenvalue weighted by Gasteiger charge is 2.24. The highest BCUT2D eigenvalue weighted by Crippen LogP contribution is 2.19. The lowest BCUT2D eigenvalue weighted by atomic mass is 9.96. The van der Waals surface area contributed by atoms with E-state index >= 15 is 0 Å². The number of carbonyl (C=O) groups excluding carboxylic acids is 2. The van der Waals surface area contributed by atoms with E-state index in [1.165, 1.54) is 11.1 Å². The molecule has 1 fully saturated rings. The number of aromatic nitrogens is 1. The molecule has 0 spiro atoms. The van der Waals surface area contributed by atoms with E-state index in [0.717, 1.165) is 30.9 Å². The molecule has 1 saturated heterocycles. The van der Waals surface area contributed by atoms with E-state index in [1.807, 2.05) is 30.3 Å². The van der Waals surface area contributed by atoms with Crippen LogP contribution in [0.3, 0.4) is 0 Å². The molecule has 0 unspecified atom stereocenters. The molecule has 4 N–H and O–H groups in total. The second kappa shape index (κ2) is 16.0. The molecule has 9 heteroatoms. The van der Waals surface area contributed by atoms with Gasteiger partial charge in [0.2, 0.25) is 11.8 Å². The molecule has 0 radical (unpaired) electrons. The Labute approximate surface area is 219 Å². The Morgan fingerprint density at radius 3 is 2.22 bits per heavy atom. The maximum atomic E-state index is 12.3. The zero-order chi connectivity index (χ0) is 27.0. The number of aryl methyl sites for hydroxylation is 1. The predicted octanol–water partition coefficient (Wildman–Crippen LogP) is 3.55. The maximum Gasteiger partial charge on any atom is 0.305 e. The van der Waals surface area contributed by atoms with Gasteiger partial charge in [0.25, 0.3) is 0 Å². The number of benzene rings is 1. The van der Waals surface area contributed by atoms with Crippen LogP contribution >= 0.6 is 0 Å². The Bertz CT molecular complexity index is 1000. The number of allylic oxidation sites excluding steroid dienone is 1. The second-order valence-electron chi connectivity index (χ2n) is 9.22. The summed E-state index contributed by atoms with van der Waals surface area (Å²) in [6.07, 6.45) is 4.87. The number of anilines is 1. The van der Waals surface area contributed by atoms with Crippen molar-refractivity contribution < 1.29 is 19.5 Å². The van der Waals surface area contributed by atoms with E-state index in [-0.39, 0.29) is 25.3 Å². The second-order valence-corrected chi connectivity index (χ2v) is 9.22. The quantitative estimate of drug-likeness (QED) is 0.361. The zero-order valence-electron chi connectivity index (χ0n) is 22.0. The minimum absolute atomic E-state index is 0.0401. The third-order valence-corrected chi connectivity index (χ3v) is 5.98. The van der Waals surface area contributed by atoms with Crippen LogP contribution in [0.5, 0.6) is 0 Å². The van der Waals surface area contributed by atoms with E-state index in [2.05, 4.69) is 53.8 Å². The van der Waals surface area contributed by atoms with Crippen LogP contribution in [-0.2, 0) is 14.4 Å². The summed E-state index contributed by atoms with van der Waals surface area (Å²) in [5.41, 5.74) is 3.43. The molecule has 3 rings (SSSR count). The van der Waals surface area contributed by atoms with Crippen LogP contribution in [-0.4, -0.2) is 59.0 Å². The first kappa shape index (κ1) is 29.4. The summed E-state index contributed by atoms with van der Waals surface area (Å²) >= 11 is 0. The third kappa shape index (κ3) is 11.6. The predicted molar refractivity (Wildman–Crippen MR) is 145 cm³/mol. The van der Waals surface area contributed by atoms with Gasteiger partial charge in [-0.3, -0.25) is 19.4 Å². The molecule has 2 aromatic rings. The Hall–Kier alpha value is -3.88. The third-order valence-electron chi connectivity index (χ3n) is 5.98. The van der Waals surface area contributed by atoms with Crippen LogP contribution < -0.4 is 16.0 Å². The average Bonchev–Trinajstić information content (AvgIpc) is 2.89. The first-order chi connectivity index (χ1) is 17.8. The number of piperidine rings is 1. The number of para-hydroxylation sites is 1. The number of hydrogen-bond acceptors (Lipinski definition) is 6. The van der Waals surface area contributed by atoms with Crippen molar-refractivity contribution in [1.82, 2.24) is 20.5 Å². The summed E-state index contributed by atoms with van der Waals surface area (Å²) in [6, 6.07) is 13.9. The molecule has 2 amide bonds. The minimum Gasteiger partial charge on any atom is -0.481 e. The average molecular weight is 510 g/mol. The zero-order valence-corrected chi connectivity index (χ0v) is 22.0. The molecule has 200 valence electrons. The number of aliphatic carboxylic acids is 1. The largest absolute Gasteiger partial charge is 0.481 e. The van der Waals surface area contributed by atoms with Gasteiger partial charge in [-0.25, -0.2) is 0 Å². The van der Waals surface area contributed by atoms with Gasteiger partial charge in [-0.1, -0.05) is 24.3 Å². The van der Waals surface area contributed by atoms with Crippen molar-refractivity contribution in [2.24, 2.45) is 5.92 Å². The van der Waals surface area contributed by atoms with Gasteiger partial charge in [-0.2, -0.15) is 0 Å². The van der Waals surface area contributed by atoms with Crippen LogP contribution in [0.4, 0.5) is 5.69 Å². The molecular formula is C28H39N5O4. The monoisotopic (exact) mass is 509 g/mol. The van der Waals surface area contributed by atoms with Crippen LogP contribution in [0.2, 0.25) is 0 Å². The molecule has 1 aromatic heterocycles. The van der Waals surface area contributed by atoms with Gasteiger partial charge in [0.1, 0.15) is 12.2 Å². The molecule has 1 aromatic carbocycles. The minimum atomic E-state index is -0.979. The Morgan fingerprint density at radius 2 is 1.68 bits per heavy atom. The molecule has 0 saturated carbocycles. The summed E-state index contributed by atoms with van der Waals surface area (Å²) in [5.74, 6) is -0.157. The standard InChI is InChI=1S/C23H34N4O4.C5H5N/c1-16(2)23(26-19-7-5-4-6-17(19)3)25-15-18-9-12-27(13-10-18)21(29)14-20(28)24-11-8-22(30)31;1-2-4-6-5-3-1/h4-7,18,25-26H,8-15H2,1-3H3,(H,24,28)(H,30,31);1-5H. The molecule has 37 heavy (non-hydrogen) atoms. The van der Waals surface area contributed by atoms with Crippen molar-refractivity contribution in [2.75, 3.05) is 31.5 Å². The summed E-state index contributed by atoms with van der Waals surface area (Å²) in [7, 11) is 0. The number of nitrogens with one attached hydrogen (secondary N) is 3. The SMILES string of the molecule is CC(C)=C(NCC1CCN(C(=O)CC(=O)NCCC(=O)O)CC1)Nc1ccccc1C.c1ccncc1. The molecule has 1 aliphatic heterocycles. The van der Waals surface area contributed by atoms with E-state index in [0.29, 0.717) is 19.0 Å². The molecule has 1 aliphatic rings. The van der Waals surface area contributed by atoms with Crippen LogP contribution in [0.15, 0.2) is 66.3 Å². The van der Waals surface area contributed by atoms with Gasteiger partial charge in [0, 0.05) is 44.3 Å². The first-order valence-corrected chi connectivity index (χ1v) is 12.6. The fourth-order valence-corrected chi connectivity index (χ4v) is 3.76. The normalized spacial score (nSPS) is 13.0. The van der Waals surface area contributed by atoms with Gasteiger partial charge in [-0.05, 0) is 68.9 Å². The number of hydrogen-bond donors (Lipinski definition) is 4. The number of rotatable bonds is 10. The molecular weight excluding hydrogens is 470 g/mol. The van der Waals surface area contributed by atoms with Gasteiger partial charge in [0.05, 0.1) is 6.42 Å². The summed E-state index contributed by atoms with van der Waals surface area (Å²) in [5, 5.41) is 18.1. The fraction of sp³-hybridized carbons (Fsp3) is 0.429. The topological polar surface area (TPSA) is 124 Å². The van der Waals surface area contributed by atoms with Gasteiger partial charge in [-0.15, -0.1) is 0 Å². The number of amides is 2. The van der Waals surface area contributed by atoms with Crippen LogP contribution in [0, 0.1) is 12.8 Å². The number of pyridine rings is 1. The summed E-state index contributed by atoms with van der Waals surface area (Å²) in [4.78, 5) is 40.1. The molecule has 0 atom stereocenters. The van der Waals surface area contributed by atoms with Crippen LogP contribution in [0.25, 0.3) is 0 Å². The van der Waals surface area contributed by atoms with Crippen molar-refractivity contribution in [2.45, 2.75) is 46.5 Å². The molecule has 0 aliphatic carbocycles. The lowest BCUT2D eigenvalue weighted by Crippen LogP contribution is -2.42. The number of nitrogens with zero attached hydrogens (tertiary/aromatic N) is 2. The number of carbonyl (C=O) groups is 3. The van der Waals surface area contributed by atoms with Crippen molar-refractivity contribution in [3.8, 4) is 0 Å². The molecule has 9 nitrogen and oxygen atoms in total. The highest BCUT2D eigenvalue weighted by molar-refractivity contribution is 5.97. The number of likely N-dealkylation sites (tertiary alicyclic amines) is 1. The van der Waals surface area contributed by atoms with Crippen molar-refractivity contribution in [3.05, 3.63) is 71.8 Å². The smallest absolute Gasteiger partial charge is 0.305 e. The Kier molecular flexibility index (Phi) is 12.7. The number of carboxylic acid groups (broad SMARTS) is 1. The Morgan fingerprint density at radius 1 is 1.00 bits per heavy atom. The van der Waals surface area contributed by atoms with E-state index in [9.17, 15) is 14.4 Å². The van der Waals surface area contributed by atoms with Crippen molar-refractivity contribution in [1.29, 1.82) is 0 Å². The van der Waals surface area contributed by atoms with E-state index in [4.69, 9.17) is 5.11 Å². The van der Waals surface area contributed by atoms with Gasteiger partial charge >= 0.3 is 5.97 Å². The highest BCUT2D eigenvalue weighted by atomic mass is 16.4. The Balaban J connectivity index is 0.000000700. The molecule has 2 heterocycles. The lowest BCUT2D eigenvalue weighted by Gasteiger charge is -2.32. The van der Waals surface area contributed by atoms with Gasteiger partial charge < -0.3 is 26.0 Å². The fourth-order valence-electron chi connectivity index (χ4n) is 3.76. The number of carboxylic acids is 1. The summed E-state index contributed by atoms with van der Waals surface area (Å²) < 4.78 is 0. The lowest BCUT2D eigenvalue weighted by molar-refractivity contribution is -0.137. The van der Waals surface area contributed by atoms with Gasteiger partial charge in [0.15, 0.2) is 0 Å². The van der Waals surface area contributed by atoms with E-state index in [1.54, 1.807) is 17.3 Å².